The van der Waals surface area contributed by atoms with Gasteiger partial charge in [-0.3, -0.25) is 9.59 Å². The lowest BCUT2D eigenvalue weighted by molar-refractivity contribution is -0.160. The van der Waals surface area contributed by atoms with Crippen LogP contribution in [0.1, 0.15) is 46.5 Å². The Hall–Kier alpha value is -1.06. The van der Waals surface area contributed by atoms with Crippen LogP contribution in [0.5, 0.6) is 0 Å². The molecule has 1 aliphatic rings. The van der Waals surface area contributed by atoms with E-state index in [1.54, 1.807) is 0 Å². The van der Waals surface area contributed by atoms with Gasteiger partial charge < -0.3 is 9.47 Å². The fourth-order valence-electron chi connectivity index (χ4n) is 2.37. The van der Waals surface area contributed by atoms with E-state index in [4.69, 9.17) is 9.47 Å². The van der Waals surface area contributed by atoms with Crippen LogP contribution in [-0.2, 0) is 19.1 Å². The molecule has 4 nitrogen and oxygen atoms in total. The number of carbonyl (C=O) groups is 2. The zero-order chi connectivity index (χ0) is 12.1. The molecule has 1 fully saturated rings. The molecule has 92 valence electrons. The van der Waals surface area contributed by atoms with Gasteiger partial charge in [0.25, 0.3) is 0 Å². The van der Waals surface area contributed by atoms with Gasteiger partial charge in [0.2, 0.25) is 0 Å². The first-order valence-corrected chi connectivity index (χ1v) is 5.85. The molecule has 0 bridgehead atoms. The molecule has 0 radical (unpaired) electrons. The highest BCUT2D eigenvalue weighted by Crippen LogP contribution is 2.30. The second-order valence-electron chi connectivity index (χ2n) is 4.41. The summed E-state index contributed by atoms with van der Waals surface area (Å²) >= 11 is 0. The monoisotopic (exact) mass is 228 g/mol. The average molecular weight is 228 g/mol. The summed E-state index contributed by atoms with van der Waals surface area (Å²) in [6.45, 7) is 4.69. The lowest BCUT2D eigenvalue weighted by Crippen LogP contribution is -2.38. The molecule has 0 N–H and O–H groups in total. The molecule has 1 aliphatic carbocycles. The van der Waals surface area contributed by atoms with Crippen molar-refractivity contribution < 1.29 is 19.1 Å². The molecule has 4 heteroatoms. The molecule has 1 rings (SSSR count). The molecular formula is C12H20O4. The number of carbonyl (C=O) groups excluding carboxylic acids is 2. The summed E-state index contributed by atoms with van der Waals surface area (Å²) in [6, 6.07) is 0. The van der Waals surface area contributed by atoms with Gasteiger partial charge in [-0.15, -0.1) is 0 Å². The molecular weight excluding hydrogens is 208 g/mol. The molecule has 1 saturated carbocycles. The third kappa shape index (κ3) is 3.83. The molecule has 0 aromatic rings. The molecule has 0 amide bonds. The van der Waals surface area contributed by atoms with Gasteiger partial charge in [0.15, 0.2) is 0 Å². The SMILES string of the molecule is CC(=O)OC(C)C1CCCCC1OC(C)=O. The van der Waals surface area contributed by atoms with Crippen LogP contribution in [0.25, 0.3) is 0 Å². The molecule has 0 aliphatic heterocycles. The third-order valence-electron chi connectivity index (χ3n) is 3.03. The Labute approximate surface area is 96.3 Å². The lowest BCUT2D eigenvalue weighted by Gasteiger charge is -2.34. The zero-order valence-corrected chi connectivity index (χ0v) is 10.2. The maximum atomic E-state index is 11.0. The van der Waals surface area contributed by atoms with E-state index in [1.165, 1.54) is 13.8 Å². The molecule has 0 heterocycles. The van der Waals surface area contributed by atoms with Crippen molar-refractivity contribution in [3.8, 4) is 0 Å². The Morgan fingerprint density at radius 2 is 1.75 bits per heavy atom. The standard InChI is InChI=1S/C12H20O4/c1-8(15-9(2)13)11-6-4-5-7-12(11)16-10(3)14/h8,11-12H,4-7H2,1-3H3. The van der Waals surface area contributed by atoms with E-state index in [9.17, 15) is 9.59 Å². The summed E-state index contributed by atoms with van der Waals surface area (Å²) in [5, 5.41) is 0. The first-order chi connectivity index (χ1) is 7.50. The highest BCUT2D eigenvalue weighted by molar-refractivity contribution is 5.66. The molecule has 3 unspecified atom stereocenters. The van der Waals surface area contributed by atoms with E-state index in [1.807, 2.05) is 6.92 Å². The smallest absolute Gasteiger partial charge is 0.302 e. The third-order valence-corrected chi connectivity index (χ3v) is 3.03. The number of ether oxygens (including phenoxy) is 2. The van der Waals surface area contributed by atoms with Crippen molar-refractivity contribution in [3.63, 3.8) is 0 Å². The Morgan fingerprint density at radius 1 is 1.12 bits per heavy atom. The Morgan fingerprint density at radius 3 is 2.31 bits per heavy atom. The first kappa shape index (κ1) is 13.0. The van der Waals surface area contributed by atoms with E-state index >= 15 is 0 Å². The summed E-state index contributed by atoms with van der Waals surface area (Å²) in [4.78, 5) is 21.9. The van der Waals surface area contributed by atoms with Crippen molar-refractivity contribution in [2.24, 2.45) is 5.92 Å². The van der Waals surface area contributed by atoms with Crippen molar-refractivity contribution in [2.45, 2.75) is 58.7 Å². The predicted molar refractivity (Wildman–Crippen MR) is 58.7 cm³/mol. The summed E-state index contributed by atoms with van der Waals surface area (Å²) in [5.74, 6) is -0.395. The van der Waals surface area contributed by atoms with E-state index in [0.29, 0.717) is 0 Å². The van der Waals surface area contributed by atoms with E-state index in [-0.39, 0.29) is 30.1 Å². The average Bonchev–Trinajstić information content (AvgIpc) is 2.16. The van der Waals surface area contributed by atoms with Gasteiger partial charge in [-0.05, 0) is 26.2 Å². The van der Waals surface area contributed by atoms with Gasteiger partial charge in [0, 0.05) is 19.8 Å². The largest absolute Gasteiger partial charge is 0.462 e. The fraction of sp³-hybridized carbons (Fsp3) is 0.833. The summed E-state index contributed by atoms with van der Waals surface area (Å²) in [7, 11) is 0. The highest BCUT2D eigenvalue weighted by Gasteiger charge is 2.33. The molecule has 3 atom stereocenters. The number of hydrogen-bond acceptors (Lipinski definition) is 4. The minimum Gasteiger partial charge on any atom is -0.462 e. The Bertz CT molecular complexity index is 262. The quantitative estimate of drug-likeness (QED) is 0.694. The fourth-order valence-corrected chi connectivity index (χ4v) is 2.37. The summed E-state index contributed by atoms with van der Waals surface area (Å²) in [6.07, 6.45) is 3.72. The predicted octanol–water partition coefficient (Wildman–Crippen LogP) is 2.06. The van der Waals surface area contributed by atoms with Gasteiger partial charge in [-0.2, -0.15) is 0 Å². The van der Waals surface area contributed by atoms with Crippen LogP contribution in [0, 0.1) is 5.92 Å². The van der Waals surface area contributed by atoms with Gasteiger partial charge in [0.1, 0.15) is 12.2 Å². The first-order valence-electron chi connectivity index (χ1n) is 5.85. The van der Waals surface area contributed by atoms with Crippen LogP contribution in [0.2, 0.25) is 0 Å². The molecule has 0 saturated heterocycles. The summed E-state index contributed by atoms with van der Waals surface area (Å²) in [5.41, 5.74) is 0. The maximum absolute atomic E-state index is 11.0. The molecule has 16 heavy (non-hydrogen) atoms. The number of esters is 2. The van der Waals surface area contributed by atoms with Gasteiger partial charge in [-0.25, -0.2) is 0 Å². The van der Waals surface area contributed by atoms with Crippen LogP contribution in [0.3, 0.4) is 0 Å². The van der Waals surface area contributed by atoms with Crippen molar-refractivity contribution in [1.82, 2.24) is 0 Å². The Kier molecular flexibility index (Phi) is 4.77. The van der Waals surface area contributed by atoms with Crippen molar-refractivity contribution >= 4 is 11.9 Å². The van der Waals surface area contributed by atoms with Gasteiger partial charge in [-0.1, -0.05) is 6.42 Å². The van der Waals surface area contributed by atoms with E-state index in [0.717, 1.165) is 25.7 Å². The van der Waals surface area contributed by atoms with Crippen molar-refractivity contribution in [2.75, 3.05) is 0 Å². The topological polar surface area (TPSA) is 52.6 Å². The van der Waals surface area contributed by atoms with Crippen LogP contribution in [0.4, 0.5) is 0 Å². The number of hydrogen-bond donors (Lipinski definition) is 0. The second-order valence-corrected chi connectivity index (χ2v) is 4.41. The van der Waals surface area contributed by atoms with Crippen LogP contribution in [-0.4, -0.2) is 24.1 Å². The molecule has 0 spiro atoms. The maximum Gasteiger partial charge on any atom is 0.302 e. The Balaban J connectivity index is 2.58. The van der Waals surface area contributed by atoms with Crippen LogP contribution < -0.4 is 0 Å². The van der Waals surface area contributed by atoms with E-state index in [2.05, 4.69) is 0 Å². The van der Waals surface area contributed by atoms with Crippen LogP contribution >= 0.6 is 0 Å². The summed E-state index contributed by atoms with van der Waals surface area (Å²) < 4.78 is 10.4. The normalized spacial score (nSPS) is 26.9. The van der Waals surface area contributed by atoms with Crippen molar-refractivity contribution in [1.29, 1.82) is 0 Å². The van der Waals surface area contributed by atoms with Crippen molar-refractivity contribution in [3.05, 3.63) is 0 Å². The second kappa shape index (κ2) is 5.87. The van der Waals surface area contributed by atoms with Crippen LogP contribution in [0.15, 0.2) is 0 Å². The minimum absolute atomic E-state index is 0.0967. The zero-order valence-electron chi connectivity index (χ0n) is 10.2. The van der Waals surface area contributed by atoms with E-state index < -0.39 is 0 Å². The highest BCUT2D eigenvalue weighted by atomic mass is 16.6. The molecule has 0 aromatic carbocycles. The van der Waals surface area contributed by atoms with Gasteiger partial charge in [0.05, 0.1) is 0 Å². The number of rotatable bonds is 3. The minimum atomic E-state index is -0.278. The molecule has 0 aromatic heterocycles. The lowest BCUT2D eigenvalue weighted by atomic mass is 9.83. The van der Waals surface area contributed by atoms with Gasteiger partial charge >= 0.3 is 11.9 Å².